The van der Waals surface area contributed by atoms with Crippen molar-refractivity contribution in [2.24, 2.45) is 5.73 Å². The van der Waals surface area contributed by atoms with E-state index in [1.807, 2.05) is 0 Å². The van der Waals surface area contributed by atoms with Crippen molar-refractivity contribution in [2.75, 3.05) is 20.8 Å². The first-order chi connectivity index (χ1) is 8.49. The molecule has 0 aliphatic heterocycles. The van der Waals surface area contributed by atoms with Crippen LogP contribution in [0.5, 0.6) is 11.5 Å². The molecule has 0 radical (unpaired) electrons. The highest BCUT2D eigenvalue weighted by Gasteiger charge is 2.23. The number of Topliss-reactive ketones (excluding diaryl/α,β-unsaturated/α-hetero) is 1. The van der Waals surface area contributed by atoms with Crippen molar-refractivity contribution in [1.82, 2.24) is 0 Å². The number of carbonyl (C=O) groups excluding carboxylic acids is 1. The second-order valence-corrected chi connectivity index (χ2v) is 4.35. The van der Waals surface area contributed by atoms with Crippen molar-refractivity contribution in [3.05, 3.63) is 21.7 Å². The molecule has 0 fully saturated rings. The maximum absolute atomic E-state index is 12.1. The van der Waals surface area contributed by atoms with E-state index in [1.54, 1.807) is 13.8 Å². The van der Waals surface area contributed by atoms with Crippen LogP contribution in [0.4, 0.5) is 0 Å². The van der Waals surface area contributed by atoms with E-state index < -0.39 is 0 Å². The molecule has 2 N–H and O–H groups in total. The van der Waals surface area contributed by atoms with Crippen molar-refractivity contribution in [3.8, 4) is 11.5 Å². The maximum Gasteiger partial charge on any atom is 0.168 e. The number of rotatable bonds is 5. The van der Waals surface area contributed by atoms with Gasteiger partial charge in [-0.05, 0) is 20.4 Å². The monoisotopic (exact) mass is 271 g/mol. The van der Waals surface area contributed by atoms with Crippen molar-refractivity contribution >= 4 is 17.4 Å². The zero-order valence-corrected chi connectivity index (χ0v) is 11.9. The number of halogens is 1. The molecule has 0 saturated carbocycles. The Balaban J connectivity index is 3.56. The molecule has 0 aliphatic rings. The van der Waals surface area contributed by atoms with Crippen LogP contribution in [0, 0.1) is 13.8 Å². The van der Waals surface area contributed by atoms with E-state index in [1.165, 1.54) is 14.2 Å². The van der Waals surface area contributed by atoms with Gasteiger partial charge in [0.2, 0.25) is 0 Å². The number of carbonyl (C=O) groups is 1. The topological polar surface area (TPSA) is 61.5 Å². The van der Waals surface area contributed by atoms with Gasteiger partial charge in [-0.3, -0.25) is 4.79 Å². The van der Waals surface area contributed by atoms with Crippen LogP contribution in [0.25, 0.3) is 0 Å². The molecule has 18 heavy (non-hydrogen) atoms. The van der Waals surface area contributed by atoms with Crippen LogP contribution < -0.4 is 15.2 Å². The summed E-state index contributed by atoms with van der Waals surface area (Å²) in [6, 6.07) is 0. The second-order valence-electron chi connectivity index (χ2n) is 3.97. The highest BCUT2D eigenvalue weighted by atomic mass is 35.5. The summed E-state index contributed by atoms with van der Waals surface area (Å²) in [6.45, 7) is 3.88. The summed E-state index contributed by atoms with van der Waals surface area (Å²) in [5, 5.41) is 0.469. The molecule has 1 rings (SSSR count). The molecule has 0 bridgehead atoms. The molecular weight excluding hydrogens is 254 g/mol. The van der Waals surface area contributed by atoms with Crippen LogP contribution in [-0.4, -0.2) is 26.5 Å². The van der Waals surface area contributed by atoms with Crippen molar-refractivity contribution in [2.45, 2.75) is 20.3 Å². The molecule has 0 atom stereocenters. The van der Waals surface area contributed by atoms with Crippen LogP contribution in [0.3, 0.4) is 0 Å². The van der Waals surface area contributed by atoms with Crippen LogP contribution in [0.1, 0.15) is 27.9 Å². The molecule has 100 valence electrons. The summed E-state index contributed by atoms with van der Waals surface area (Å²) in [6.07, 6.45) is 0.265. The van der Waals surface area contributed by atoms with E-state index in [0.717, 1.165) is 0 Å². The third-order valence-electron chi connectivity index (χ3n) is 2.87. The molecule has 0 spiro atoms. The van der Waals surface area contributed by atoms with Gasteiger partial charge in [0.25, 0.3) is 0 Å². The predicted octanol–water partition coefficient (Wildman–Crippen LogP) is 2.51. The summed E-state index contributed by atoms with van der Waals surface area (Å²) in [4.78, 5) is 12.1. The van der Waals surface area contributed by atoms with Gasteiger partial charge in [-0.1, -0.05) is 11.6 Å². The van der Waals surface area contributed by atoms with Gasteiger partial charge in [0.15, 0.2) is 5.78 Å². The van der Waals surface area contributed by atoms with E-state index >= 15 is 0 Å². The van der Waals surface area contributed by atoms with E-state index in [0.29, 0.717) is 39.8 Å². The average Bonchev–Trinajstić information content (AvgIpc) is 2.34. The van der Waals surface area contributed by atoms with E-state index in [2.05, 4.69) is 0 Å². The molecule has 0 unspecified atom stereocenters. The number of methoxy groups -OCH3 is 2. The zero-order valence-electron chi connectivity index (χ0n) is 11.1. The van der Waals surface area contributed by atoms with Gasteiger partial charge >= 0.3 is 0 Å². The normalized spacial score (nSPS) is 10.3. The van der Waals surface area contributed by atoms with E-state index in [4.69, 9.17) is 26.8 Å². The smallest absolute Gasteiger partial charge is 0.168 e. The molecular formula is C13H18ClNO3. The third-order valence-corrected chi connectivity index (χ3v) is 3.33. The number of benzene rings is 1. The minimum atomic E-state index is -0.0649. The Labute approximate surface area is 112 Å². The first kappa shape index (κ1) is 14.8. The zero-order chi connectivity index (χ0) is 13.9. The quantitative estimate of drug-likeness (QED) is 0.836. The Bertz CT molecular complexity index is 472. The van der Waals surface area contributed by atoms with Crippen molar-refractivity contribution in [3.63, 3.8) is 0 Å². The molecule has 0 saturated heterocycles. The van der Waals surface area contributed by atoms with E-state index in [-0.39, 0.29) is 12.2 Å². The minimum absolute atomic E-state index is 0.0649. The van der Waals surface area contributed by atoms with E-state index in [9.17, 15) is 4.79 Å². The minimum Gasteiger partial charge on any atom is -0.496 e. The SMILES string of the molecule is COc1c(C)c(C(=O)CCN)c(OC)c(C)c1Cl. The van der Waals surface area contributed by atoms with Crippen LogP contribution in [0.15, 0.2) is 0 Å². The van der Waals surface area contributed by atoms with Gasteiger partial charge in [-0.25, -0.2) is 0 Å². The maximum atomic E-state index is 12.1. The molecule has 5 heteroatoms. The Hall–Kier alpha value is -1.26. The lowest BCUT2D eigenvalue weighted by molar-refractivity contribution is 0.0981. The first-order valence-electron chi connectivity index (χ1n) is 5.63. The Kier molecular flexibility index (Phi) is 4.99. The fourth-order valence-corrected chi connectivity index (χ4v) is 2.30. The van der Waals surface area contributed by atoms with Gasteiger partial charge < -0.3 is 15.2 Å². The van der Waals surface area contributed by atoms with Gasteiger partial charge in [-0.2, -0.15) is 0 Å². The summed E-state index contributed by atoms with van der Waals surface area (Å²) < 4.78 is 10.6. The Morgan fingerprint density at radius 3 is 2.17 bits per heavy atom. The number of ether oxygens (including phenoxy) is 2. The average molecular weight is 272 g/mol. The number of hydrogen-bond acceptors (Lipinski definition) is 4. The lowest BCUT2D eigenvalue weighted by Gasteiger charge is -2.18. The molecule has 0 aliphatic carbocycles. The standard InChI is InChI=1S/C13H18ClNO3/c1-7-10(9(16)5-6-15)12(17-3)8(2)11(14)13(7)18-4/h5-6,15H2,1-4H3. The first-order valence-corrected chi connectivity index (χ1v) is 6.01. The lowest BCUT2D eigenvalue weighted by atomic mass is 9.97. The third kappa shape index (κ3) is 2.44. The number of hydrogen-bond donors (Lipinski definition) is 1. The van der Waals surface area contributed by atoms with Crippen molar-refractivity contribution in [1.29, 1.82) is 0 Å². The largest absolute Gasteiger partial charge is 0.496 e. The lowest BCUT2D eigenvalue weighted by Crippen LogP contribution is -2.12. The van der Waals surface area contributed by atoms with Gasteiger partial charge in [0.05, 0.1) is 24.8 Å². The fourth-order valence-electron chi connectivity index (χ4n) is 2.00. The molecule has 4 nitrogen and oxygen atoms in total. The van der Waals surface area contributed by atoms with Crippen LogP contribution in [0.2, 0.25) is 5.02 Å². The highest BCUT2D eigenvalue weighted by molar-refractivity contribution is 6.33. The number of nitrogens with two attached hydrogens (primary N) is 1. The van der Waals surface area contributed by atoms with Gasteiger partial charge in [0.1, 0.15) is 11.5 Å². The summed E-state index contributed by atoms with van der Waals surface area (Å²) in [5.74, 6) is 0.942. The summed E-state index contributed by atoms with van der Waals surface area (Å²) >= 11 is 6.20. The second kappa shape index (κ2) is 6.07. The highest BCUT2D eigenvalue weighted by Crippen LogP contribution is 2.41. The molecule has 0 amide bonds. The molecule has 0 heterocycles. The molecule has 0 aromatic heterocycles. The van der Waals surface area contributed by atoms with Crippen LogP contribution in [-0.2, 0) is 0 Å². The molecule has 1 aromatic rings. The number of ketones is 1. The Morgan fingerprint density at radius 2 is 1.72 bits per heavy atom. The predicted molar refractivity (Wildman–Crippen MR) is 72.0 cm³/mol. The summed E-state index contributed by atoms with van der Waals surface area (Å²) in [7, 11) is 3.04. The fraction of sp³-hybridized carbons (Fsp3) is 0.462. The summed E-state index contributed by atoms with van der Waals surface area (Å²) in [5.41, 5.74) is 7.31. The van der Waals surface area contributed by atoms with Crippen molar-refractivity contribution < 1.29 is 14.3 Å². The van der Waals surface area contributed by atoms with Crippen LogP contribution >= 0.6 is 11.6 Å². The molecule has 1 aromatic carbocycles. The van der Waals surface area contributed by atoms with Gasteiger partial charge in [0, 0.05) is 17.5 Å². The van der Waals surface area contributed by atoms with Gasteiger partial charge in [-0.15, -0.1) is 0 Å². The Morgan fingerprint density at radius 1 is 1.17 bits per heavy atom.